The fraction of sp³-hybridized carbons (Fsp3) is 0.556. The van der Waals surface area contributed by atoms with Crippen LogP contribution in [0.1, 0.15) is 13.3 Å². The summed E-state index contributed by atoms with van der Waals surface area (Å²) in [4.78, 5) is 12.5. The molecule has 3 nitrogen and oxygen atoms in total. The van der Waals surface area contributed by atoms with Crippen molar-refractivity contribution in [3.05, 3.63) is 18.1 Å². The van der Waals surface area contributed by atoms with Gasteiger partial charge in [0.05, 0.1) is 0 Å². The van der Waals surface area contributed by atoms with E-state index in [0.29, 0.717) is 17.6 Å². The molecular formula is C9H16NO2. The van der Waals surface area contributed by atoms with Crippen LogP contribution in [0.2, 0.25) is 0 Å². The molecule has 0 aromatic heterocycles. The first-order valence-corrected chi connectivity index (χ1v) is 3.85. The fourth-order valence-corrected chi connectivity index (χ4v) is 0.697. The van der Waals surface area contributed by atoms with E-state index in [0.717, 1.165) is 6.54 Å². The zero-order chi connectivity index (χ0) is 9.72. The van der Waals surface area contributed by atoms with Gasteiger partial charge in [0.15, 0.2) is 0 Å². The Bertz CT molecular complexity index is 195. The van der Waals surface area contributed by atoms with Gasteiger partial charge in [-0.3, -0.25) is 0 Å². The number of nitrogens with zero attached hydrogens (tertiary/aromatic N) is 1. The summed E-state index contributed by atoms with van der Waals surface area (Å²) >= 11 is 0. The summed E-state index contributed by atoms with van der Waals surface area (Å²) in [5.74, 6) is -0.876. The van der Waals surface area contributed by atoms with Crippen molar-refractivity contribution in [3.8, 4) is 0 Å². The minimum absolute atomic E-state index is 0.358. The van der Waals surface area contributed by atoms with Crippen LogP contribution in [0.25, 0.3) is 0 Å². The highest BCUT2D eigenvalue weighted by Crippen LogP contribution is 2.07. The van der Waals surface area contributed by atoms with Crippen LogP contribution in [0.3, 0.4) is 0 Å². The first kappa shape index (κ1) is 11.2. The molecule has 0 rings (SSSR count). The Hall–Kier alpha value is -0.830. The van der Waals surface area contributed by atoms with E-state index in [1.165, 1.54) is 0 Å². The molecule has 0 aromatic carbocycles. The lowest BCUT2D eigenvalue weighted by Gasteiger charge is -2.10. The molecule has 0 atom stereocenters. The van der Waals surface area contributed by atoms with Crippen LogP contribution in [0, 0.1) is 6.92 Å². The molecule has 0 amide bonds. The predicted octanol–water partition coefficient (Wildman–Crippen LogP) is 1.17. The average molecular weight is 170 g/mol. The van der Waals surface area contributed by atoms with Gasteiger partial charge in [0.25, 0.3) is 0 Å². The smallest absolute Gasteiger partial charge is 0.331 e. The van der Waals surface area contributed by atoms with Gasteiger partial charge < -0.3 is 10.0 Å². The van der Waals surface area contributed by atoms with E-state index >= 15 is 0 Å². The number of rotatable bonds is 4. The summed E-state index contributed by atoms with van der Waals surface area (Å²) in [6, 6.07) is 0. The Morgan fingerprint density at radius 3 is 2.33 bits per heavy atom. The van der Waals surface area contributed by atoms with Gasteiger partial charge in [-0.1, -0.05) is 5.57 Å². The molecule has 69 valence electrons. The van der Waals surface area contributed by atoms with Crippen molar-refractivity contribution in [2.75, 3.05) is 20.6 Å². The topological polar surface area (TPSA) is 40.5 Å². The number of carbonyl (C=O) groups is 1. The van der Waals surface area contributed by atoms with Crippen molar-refractivity contribution in [3.63, 3.8) is 0 Å². The Morgan fingerprint density at radius 1 is 1.50 bits per heavy atom. The molecule has 0 saturated heterocycles. The fourth-order valence-electron chi connectivity index (χ4n) is 0.697. The summed E-state index contributed by atoms with van der Waals surface area (Å²) in [5, 5.41) is 8.61. The number of carboxylic acid groups (broad SMARTS) is 1. The summed E-state index contributed by atoms with van der Waals surface area (Å²) < 4.78 is 0. The van der Waals surface area contributed by atoms with Crippen LogP contribution in [0.5, 0.6) is 0 Å². The van der Waals surface area contributed by atoms with Gasteiger partial charge in [-0.2, -0.15) is 0 Å². The maximum absolute atomic E-state index is 10.5. The maximum atomic E-state index is 10.5. The second-order valence-corrected chi connectivity index (χ2v) is 3.09. The molecule has 0 aliphatic carbocycles. The van der Waals surface area contributed by atoms with Crippen molar-refractivity contribution >= 4 is 5.97 Å². The Labute approximate surface area is 73.7 Å². The minimum Gasteiger partial charge on any atom is -0.478 e. The van der Waals surface area contributed by atoms with Gasteiger partial charge in [-0.05, 0) is 34.4 Å². The van der Waals surface area contributed by atoms with Crippen molar-refractivity contribution in [2.45, 2.75) is 13.3 Å². The third-order valence-corrected chi connectivity index (χ3v) is 1.71. The molecule has 0 fully saturated rings. The number of carboxylic acids is 1. The number of hydrogen-bond donors (Lipinski definition) is 1. The van der Waals surface area contributed by atoms with Crippen molar-refractivity contribution in [1.82, 2.24) is 4.90 Å². The summed E-state index contributed by atoms with van der Waals surface area (Å²) in [7, 11) is 3.90. The van der Waals surface area contributed by atoms with Crippen LogP contribution in [0.15, 0.2) is 11.1 Å². The normalized spacial score (nSPS) is 13.1. The third kappa shape index (κ3) is 4.13. The highest BCUT2D eigenvalue weighted by Gasteiger charge is 2.04. The lowest BCUT2D eigenvalue weighted by molar-refractivity contribution is -0.132. The summed E-state index contributed by atoms with van der Waals surface area (Å²) in [6.07, 6.45) is 0.713. The van der Waals surface area contributed by atoms with E-state index < -0.39 is 5.97 Å². The number of hydrogen-bond acceptors (Lipinski definition) is 2. The monoisotopic (exact) mass is 170 g/mol. The SMILES string of the molecule is [CH2]C(CCN(C)C)=C(C)C(=O)O. The number of aliphatic carboxylic acids is 1. The lowest BCUT2D eigenvalue weighted by atomic mass is 10.1. The van der Waals surface area contributed by atoms with Gasteiger partial charge in [0.1, 0.15) is 0 Å². The molecule has 0 aliphatic heterocycles. The van der Waals surface area contributed by atoms with Gasteiger partial charge in [0.2, 0.25) is 0 Å². The summed E-state index contributed by atoms with van der Waals surface area (Å²) in [6.45, 7) is 6.12. The Morgan fingerprint density at radius 2 is 2.00 bits per heavy atom. The van der Waals surface area contributed by atoms with Crippen LogP contribution >= 0.6 is 0 Å². The zero-order valence-corrected chi connectivity index (χ0v) is 7.92. The van der Waals surface area contributed by atoms with Crippen molar-refractivity contribution in [1.29, 1.82) is 0 Å². The third-order valence-electron chi connectivity index (χ3n) is 1.71. The Balaban J connectivity index is 4.09. The van der Waals surface area contributed by atoms with Gasteiger partial charge in [-0.15, -0.1) is 0 Å². The van der Waals surface area contributed by atoms with Crippen LogP contribution < -0.4 is 0 Å². The molecule has 3 heteroatoms. The minimum atomic E-state index is -0.876. The van der Waals surface area contributed by atoms with Crippen LogP contribution in [-0.2, 0) is 4.79 Å². The van der Waals surface area contributed by atoms with E-state index in [-0.39, 0.29) is 0 Å². The maximum Gasteiger partial charge on any atom is 0.331 e. The highest BCUT2D eigenvalue weighted by molar-refractivity contribution is 5.86. The zero-order valence-electron chi connectivity index (χ0n) is 7.92. The van der Waals surface area contributed by atoms with E-state index in [1.54, 1.807) is 6.92 Å². The van der Waals surface area contributed by atoms with Gasteiger partial charge in [0, 0.05) is 12.1 Å². The summed E-state index contributed by atoms with van der Waals surface area (Å²) in [5.41, 5.74) is 1.06. The van der Waals surface area contributed by atoms with Crippen molar-refractivity contribution in [2.24, 2.45) is 0 Å². The molecule has 0 unspecified atom stereocenters. The van der Waals surface area contributed by atoms with Crippen molar-refractivity contribution < 1.29 is 9.90 Å². The largest absolute Gasteiger partial charge is 0.478 e. The quantitative estimate of drug-likeness (QED) is 0.644. The molecule has 0 aromatic rings. The van der Waals surface area contributed by atoms with Crippen LogP contribution in [0.4, 0.5) is 0 Å². The Kier molecular flexibility index (Phi) is 4.59. The second kappa shape index (κ2) is 4.93. The standard InChI is InChI=1S/C9H16NO2/c1-7(5-6-10(3)4)8(2)9(11)12/h1,5-6H2,2-4H3,(H,11,12). The first-order chi connectivity index (χ1) is 5.45. The van der Waals surface area contributed by atoms with E-state index in [2.05, 4.69) is 6.92 Å². The van der Waals surface area contributed by atoms with E-state index in [4.69, 9.17) is 5.11 Å². The molecule has 0 heterocycles. The molecule has 0 bridgehead atoms. The van der Waals surface area contributed by atoms with E-state index in [9.17, 15) is 4.79 Å². The molecule has 1 N–H and O–H groups in total. The first-order valence-electron chi connectivity index (χ1n) is 3.85. The average Bonchev–Trinajstić information content (AvgIpc) is 1.98. The molecular weight excluding hydrogens is 154 g/mol. The molecule has 0 spiro atoms. The van der Waals surface area contributed by atoms with Gasteiger partial charge >= 0.3 is 5.97 Å². The predicted molar refractivity (Wildman–Crippen MR) is 48.9 cm³/mol. The highest BCUT2D eigenvalue weighted by atomic mass is 16.4. The molecule has 1 radical (unpaired) electrons. The molecule has 12 heavy (non-hydrogen) atoms. The van der Waals surface area contributed by atoms with Gasteiger partial charge in [-0.25, -0.2) is 4.79 Å². The second-order valence-electron chi connectivity index (χ2n) is 3.09. The van der Waals surface area contributed by atoms with E-state index in [1.807, 2.05) is 19.0 Å². The van der Waals surface area contributed by atoms with Crippen LogP contribution in [-0.4, -0.2) is 36.6 Å². The molecule has 0 saturated carbocycles. The molecule has 0 aliphatic rings. The lowest BCUT2D eigenvalue weighted by Crippen LogP contribution is -2.14.